The van der Waals surface area contributed by atoms with E-state index in [0.717, 1.165) is 42.4 Å². The molecule has 2 aromatic carbocycles. The van der Waals surface area contributed by atoms with Crippen molar-refractivity contribution in [3.8, 4) is 28.4 Å². The third-order valence-electron chi connectivity index (χ3n) is 5.66. The van der Waals surface area contributed by atoms with Crippen LogP contribution in [0.5, 0.6) is 17.2 Å². The fourth-order valence-corrected chi connectivity index (χ4v) is 4.16. The van der Waals surface area contributed by atoms with Gasteiger partial charge >= 0.3 is 5.63 Å². The van der Waals surface area contributed by atoms with Gasteiger partial charge in [-0.1, -0.05) is 6.07 Å². The fourth-order valence-electron chi connectivity index (χ4n) is 4.16. The second-order valence-electron chi connectivity index (χ2n) is 7.38. The third-order valence-corrected chi connectivity index (χ3v) is 5.66. The summed E-state index contributed by atoms with van der Waals surface area (Å²) >= 11 is 0. The van der Waals surface area contributed by atoms with E-state index in [4.69, 9.17) is 13.9 Å². The van der Waals surface area contributed by atoms with Gasteiger partial charge < -0.3 is 19.0 Å². The van der Waals surface area contributed by atoms with Crippen LogP contribution >= 0.6 is 0 Å². The van der Waals surface area contributed by atoms with Crippen LogP contribution in [-0.4, -0.2) is 29.9 Å². The van der Waals surface area contributed by atoms with E-state index in [2.05, 4.69) is 4.90 Å². The average molecular weight is 379 g/mol. The molecular weight excluding hydrogens is 358 g/mol. The number of likely N-dealkylation sites (tertiary alicyclic amines) is 1. The molecule has 0 bridgehead atoms. The van der Waals surface area contributed by atoms with Gasteiger partial charge in [-0.05, 0) is 68.2 Å². The Balaban J connectivity index is 1.66. The van der Waals surface area contributed by atoms with Gasteiger partial charge in [0, 0.05) is 11.9 Å². The Bertz CT molecular complexity index is 1130. The summed E-state index contributed by atoms with van der Waals surface area (Å²) in [6.07, 6.45) is 2.31. The highest BCUT2D eigenvalue weighted by Gasteiger charge is 2.22. The summed E-state index contributed by atoms with van der Waals surface area (Å²) in [5.41, 5.74) is 2.79. The van der Waals surface area contributed by atoms with Crippen LogP contribution in [0, 0.1) is 6.92 Å². The number of nitrogens with zero attached hydrogens (tertiary/aromatic N) is 1. The number of hydrogen-bond donors (Lipinski definition) is 1. The summed E-state index contributed by atoms with van der Waals surface area (Å²) < 4.78 is 16.6. The zero-order valence-electron chi connectivity index (χ0n) is 15.7. The van der Waals surface area contributed by atoms with Crippen molar-refractivity contribution in [3.63, 3.8) is 0 Å². The molecular formula is C22H21NO5. The van der Waals surface area contributed by atoms with Crippen LogP contribution in [0.4, 0.5) is 0 Å². The van der Waals surface area contributed by atoms with Gasteiger partial charge in [-0.3, -0.25) is 4.90 Å². The number of aromatic hydroxyl groups is 1. The Morgan fingerprint density at radius 2 is 1.86 bits per heavy atom. The molecule has 5 rings (SSSR count). The van der Waals surface area contributed by atoms with Gasteiger partial charge in [0.25, 0.3) is 0 Å². The quantitative estimate of drug-likeness (QED) is 0.698. The van der Waals surface area contributed by atoms with Crippen LogP contribution in [-0.2, 0) is 6.54 Å². The second-order valence-corrected chi connectivity index (χ2v) is 7.38. The Hall–Kier alpha value is -2.99. The average Bonchev–Trinajstić information content (AvgIpc) is 3.35. The molecule has 2 aliphatic rings. The van der Waals surface area contributed by atoms with Gasteiger partial charge in [-0.15, -0.1) is 0 Å². The Kier molecular flexibility index (Phi) is 4.02. The number of phenols is 1. The Labute approximate surface area is 161 Å². The van der Waals surface area contributed by atoms with E-state index in [1.54, 1.807) is 18.2 Å². The van der Waals surface area contributed by atoms with Crippen molar-refractivity contribution < 1.29 is 19.0 Å². The van der Waals surface area contributed by atoms with Gasteiger partial charge in [-0.2, -0.15) is 0 Å². The van der Waals surface area contributed by atoms with Crippen molar-refractivity contribution in [1.29, 1.82) is 0 Å². The lowest BCUT2D eigenvalue weighted by Gasteiger charge is -2.17. The summed E-state index contributed by atoms with van der Waals surface area (Å²) in [7, 11) is 0. The molecule has 1 saturated heterocycles. The smallest absolute Gasteiger partial charge is 0.344 e. The van der Waals surface area contributed by atoms with Crippen molar-refractivity contribution in [1.82, 2.24) is 4.90 Å². The highest BCUT2D eigenvalue weighted by atomic mass is 16.7. The van der Waals surface area contributed by atoms with Crippen LogP contribution < -0.4 is 15.1 Å². The first-order chi connectivity index (χ1) is 13.6. The number of phenolic OH excluding ortho intramolecular Hbond substituents is 1. The molecule has 6 nitrogen and oxygen atoms in total. The molecule has 0 spiro atoms. The van der Waals surface area contributed by atoms with Crippen LogP contribution in [0.3, 0.4) is 0 Å². The monoisotopic (exact) mass is 379 g/mol. The largest absolute Gasteiger partial charge is 0.507 e. The van der Waals surface area contributed by atoms with E-state index in [1.165, 1.54) is 0 Å². The highest BCUT2D eigenvalue weighted by Crippen LogP contribution is 2.38. The van der Waals surface area contributed by atoms with Gasteiger partial charge in [-0.25, -0.2) is 4.79 Å². The van der Waals surface area contributed by atoms with E-state index in [1.807, 2.05) is 19.1 Å². The van der Waals surface area contributed by atoms with Crippen LogP contribution in [0.15, 0.2) is 39.5 Å². The lowest BCUT2D eigenvalue weighted by molar-refractivity contribution is 0.174. The summed E-state index contributed by atoms with van der Waals surface area (Å²) in [5, 5.41) is 11.3. The minimum Gasteiger partial charge on any atom is -0.507 e. The summed E-state index contributed by atoms with van der Waals surface area (Å²) in [5.74, 6) is 1.46. The summed E-state index contributed by atoms with van der Waals surface area (Å²) in [4.78, 5) is 15.2. The topological polar surface area (TPSA) is 72.1 Å². The molecule has 3 aromatic rings. The number of hydrogen-bond acceptors (Lipinski definition) is 6. The minimum atomic E-state index is -0.419. The molecule has 0 saturated carbocycles. The molecule has 0 aliphatic carbocycles. The van der Waals surface area contributed by atoms with Crippen LogP contribution in [0.25, 0.3) is 22.1 Å². The number of benzene rings is 2. The first kappa shape index (κ1) is 17.1. The van der Waals surface area contributed by atoms with E-state index in [-0.39, 0.29) is 12.5 Å². The van der Waals surface area contributed by atoms with Gasteiger partial charge in [0.2, 0.25) is 6.79 Å². The summed E-state index contributed by atoms with van der Waals surface area (Å²) in [6, 6.07) is 8.94. The van der Waals surface area contributed by atoms with Crippen molar-refractivity contribution in [2.24, 2.45) is 0 Å². The lowest BCUT2D eigenvalue weighted by atomic mass is 9.97. The Morgan fingerprint density at radius 3 is 2.68 bits per heavy atom. The molecule has 0 atom stereocenters. The number of fused-ring (bicyclic) bond motifs is 2. The van der Waals surface area contributed by atoms with Gasteiger partial charge in [0.15, 0.2) is 11.5 Å². The van der Waals surface area contributed by atoms with E-state index >= 15 is 0 Å². The first-order valence-electron chi connectivity index (χ1n) is 9.52. The minimum absolute atomic E-state index is 0.165. The molecule has 0 unspecified atom stereocenters. The molecule has 1 fully saturated rings. The Morgan fingerprint density at radius 1 is 1.07 bits per heavy atom. The maximum Gasteiger partial charge on any atom is 0.344 e. The SMILES string of the molecule is Cc1c(-c2ccc3c(c2)OCO3)c(=O)oc2c(CN3CCCC3)c(O)ccc12. The van der Waals surface area contributed by atoms with Crippen molar-refractivity contribution in [2.45, 2.75) is 26.3 Å². The van der Waals surface area contributed by atoms with Crippen molar-refractivity contribution in [2.75, 3.05) is 19.9 Å². The zero-order valence-corrected chi connectivity index (χ0v) is 15.7. The normalized spacial score (nSPS) is 16.2. The molecule has 6 heteroatoms. The second kappa shape index (κ2) is 6.56. The molecule has 28 heavy (non-hydrogen) atoms. The molecule has 2 aliphatic heterocycles. The van der Waals surface area contributed by atoms with E-state index < -0.39 is 5.63 Å². The van der Waals surface area contributed by atoms with Crippen LogP contribution in [0.1, 0.15) is 24.0 Å². The number of aryl methyl sites for hydroxylation is 1. The van der Waals surface area contributed by atoms with Crippen LogP contribution in [0.2, 0.25) is 0 Å². The number of rotatable bonds is 3. The predicted molar refractivity (Wildman–Crippen MR) is 105 cm³/mol. The molecule has 0 amide bonds. The lowest BCUT2D eigenvalue weighted by Crippen LogP contribution is -2.19. The molecule has 3 heterocycles. The maximum absolute atomic E-state index is 12.9. The first-order valence-corrected chi connectivity index (χ1v) is 9.52. The highest BCUT2D eigenvalue weighted by molar-refractivity contribution is 5.90. The molecule has 1 N–H and O–H groups in total. The molecule has 1 aromatic heterocycles. The van der Waals surface area contributed by atoms with E-state index in [9.17, 15) is 9.90 Å². The van der Waals surface area contributed by atoms with Crippen molar-refractivity contribution >= 4 is 11.0 Å². The summed E-state index contributed by atoms with van der Waals surface area (Å²) in [6.45, 7) is 4.66. The third kappa shape index (κ3) is 2.72. The van der Waals surface area contributed by atoms with Crippen molar-refractivity contribution in [3.05, 3.63) is 51.9 Å². The fraction of sp³-hybridized carbons (Fsp3) is 0.318. The number of ether oxygens (including phenoxy) is 2. The van der Waals surface area contributed by atoms with E-state index in [0.29, 0.717) is 34.8 Å². The molecule has 0 radical (unpaired) electrons. The zero-order chi connectivity index (χ0) is 19.3. The maximum atomic E-state index is 12.9. The standard InChI is InChI=1S/C22H21NO5/c1-13-15-5-6-17(24)16(11-23-8-2-3-9-23)21(15)28-22(25)20(13)14-4-7-18-19(10-14)27-12-26-18/h4-7,10,24H,2-3,8-9,11-12H2,1H3. The van der Waals surface area contributed by atoms with Gasteiger partial charge in [0.1, 0.15) is 11.3 Å². The predicted octanol–water partition coefficient (Wildman–Crippen LogP) is 3.80. The van der Waals surface area contributed by atoms with Gasteiger partial charge in [0.05, 0.1) is 11.1 Å². The molecule has 144 valence electrons.